The number of benzene rings is 1. The van der Waals surface area contributed by atoms with Crippen molar-refractivity contribution in [2.75, 3.05) is 18.6 Å². The van der Waals surface area contributed by atoms with Gasteiger partial charge < -0.3 is 4.74 Å². The first-order valence-corrected chi connectivity index (χ1v) is 11.7. The van der Waals surface area contributed by atoms with Crippen LogP contribution in [-0.2, 0) is 14.6 Å². The van der Waals surface area contributed by atoms with Crippen molar-refractivity contribution >= 4 is 26.8 Å². The van der Waals surface area contributed by atoms with Crippen molar-refractivity contribution in [2.24, 2.45) is 0 Å². The fourth-order valence-electron chi connectivity index (χ4n) is 4.05. The predicted molar refractivity (Wildman–Crippen MR) is 109 cm³/mol. The Morgan fingerprint density at radius 1 is 1.20 bits per heavy atom. The fraction of sp³-hybridized carbons (Fsp3) is 0.381. The smallest absolute Gasteiger partial charge is 0.338 e. The number of rotatable bonds is 4. The lowest BCUT2D eigenvalue weighted by Gasteiger charge is -2.11. The van der Waals surface area contributed by atoms with Gasteiger partial charge in [-0.15, -0.1) is 0 Å². The Morgan fingerprint density at radius 3 is 2.53 bits per heavy atom. The van der Waals surface area contributed by atoms with E-state index in [-0.39, 0.29) is 29.3 Å². The van der Waals surface area contributed by atoms with Crippen LogP contribution in [0.1, 0.15) is 47.3 Å². The molecule has 1 aliphatic carbocycles. The molecule has 5 rings (SSSR count). The van der Waals surface area contributed by atoms with Crippen molar-refractivity contribution in [2.45, 2.75) is 31.2 Å². The molecule has 0 radical (unpaired) electrons. The van der Waals surface area contributed by atoms with Crippen molar-refractivity contribution in [1.29, 1.82) is 0 Å². The molecule has 0 unspecified atom stereocenters. The van der Waals surface area contributed by atoms with Gasteiger partial charge in [-0.3, -0.25) is 0 Å². The lowest BCUT2D eigenvalue weighted by molar-refractivity contribution is 0.0602. The summed E-state index contributed by atoms with van der Waals surface area (Å²) < 4.78 is 44.3. The zero-order valence-corrected chi connectivity index (χ0v) is 17.2. The standard InChI is InChI=1S/C21H20FN3O4S/c1-29-21(26)16-10-17(12-2-3-12)23-20-18(16)19(13-4-6-14(22)7-5-13)24-25(20)15-8-9-30(27,28)11-15/h4-7,10,12,15H,2-3,8-9,11H2,1H3/t15-/m0/s1. The van der Waals surface area contributed by atoms with E-state index < -0.39 is 15.8 Å². The maximum absolute atomic E-state index is 13.5. The monoisotopic (exact) mass is 429 g/mol. The van der Waals surface area contributed by atoms with Crippen molar-refractivity contribution in [1.82, 2.24) is 14.8 Å². The van der Waals surface area contributed by atoms with Crippen LogP contribution in [0.5, 0.6) is 0 Å². The van der Waals surface area contributed by atoms with E-state index in [1.54, 1.807) is 22.9 Å². The van der Waals surface area contributed by atoms with E-state index in [0.29, 0.717) is 34.3 Å². The molecule has 7 nitrogen and oxygen atoms in total. The van der Waals surface area contributed by atoms with Gasteiger partial charge in [-0.1, -0.05) is 0 Å². The van der Waals surface area contributed by atoms with E-state index in [1.807, 2.05) is 0 Å². The van der Waals surface area contributed by atoms with Crippen LogP contribution in [-0.4, -0.2) is 47.8 Å². The van der Waals surface area contributed by atoms with Crippen molar-refractivity contribution in [3.8, 4) is 11.3 Å². The van der Waals surface area contributed by atoms with E-state index in [4.69, 9.17) is 14.8 Å². The van der Waals surface area contributed by atoms with Crippen molar-refractivity contribution < 1.29 is 22.3 Å². The Labute approximate surface area is 172 Å². The van der Waals surface area contributed by atoms with Crippen LogP contribution >= 0.6 is 0 Å². The lowest BCUT2D eigenvalue weighted by atomic mass is 10.0. The first kappa shape index (κ1) is 19.2. The number of fused-ring (bicyclic) bond motifs is 1. The molecule has 2 aromatic heterocycles. The molecule has 1 aromatic carbocycles. The number of ether oxygens (including phenoxy) is 1. The third kappa shape index (κ3) is 3.27. The number of sulfone groups is 1. The SMILES string of the molecule is COC(=O)c1cc(C2CC2)nc2c1c(-c1ccc(F)cc1)nn2[C@H]1CCS(=O)(=O)C1. The lowest BCUT2D eigenvalue weighted by Crippen LogP contribution is -2.13. The molecule has 3 heterocycles. The summed E-state index contributed by atoms with van der Waals surface area (Å²) in [6.07, 6.45) is 2.43. The summed E-state index contributed by atoms with van der Waals surface area (Å²) in [5.74, 6) is -0.534. The van der Waals surface area contributed by atoms with Crippen LogP contribution in [0.3, 0.4) is 0 Å². The van der Waals surface area contributed by atoms with Gasteiger partial charge >= 0.3 is 5.97 Å². The van der Waals surface area contributed by atoms with E-state index in [1.165, 1.54) is 19.2 Å². The maximum Gasteiger partial charge on any atom is 0.338 e. The van der Waals surface area contributed by atoms with Gasteiger partial charge in [-0.05, 0) is 49.6 Å². The number of carbonyl (C=O) groups excluding carboxylic acids is 1. The Balaban J connectivity index is 1.80. The minimum atomic E-state index is -3.15. The molecule has 2 aliphatic rings. The molecule has 0 spiro atoms. The van der Waals surface area contributed by atoms with Gasteiger partial charge in [0.1, 0.15) is 11.5 Å². The van der Waals surface area contributed by atoms with E-state index in [0.717, 1.165) is 18.5 Å². The number of aromatic nitrogens is 3. The average molecular weight is 429 g/mol. The molecule has 0 N–H and O–H groups in total. The van der Waals surface area contributed by atoms with Crippen molar-refractivity contribution in [3.05, 3.63) is 47.4 Å². The number of nitrogens with zero attached hydrogens (tertiary/aromatic N) is 3. The number of halogens is 1. The minimum Gasteiger partial charge on any atom is -0.465 e. The highest BCUT2D eigenvalue weighted by atomic mass is 32.2. The number of hydrogen-bond donors (Lipinski definition) is 0. The summed E-state index contributed by atoms with van der Waals surface area (Å²) in [5, 5.41) is 5.20. The Morgan fingerprint density at radius 2 is 1.93 bits per heavy atom. The van der Waals surface area contributed by atoms with Gasteiger partial charge in [-0.2, -0.15) is 5.10 Å². The molecule has 9 heteroatoms. The molecule has 1 saturated heterocycles. The normalized spacial score (nSPS) is 20.5. The highest BCUT2D eigenvalue weighted by Crippen LogP contribution is 2.42. The minimum absolute atomic E-state index is 0.0183. The molecule has 2 fully saturated rings. The highest BCUT2D eigenvalue weighted by molar-refractivity contribution is 7.91. The number of hydrogen-bond acceptors (Lipinski definition) is 6. The third-order valence-corrected chi connectivity index (χ3v) is 7.50. The number of esters is 1. The second-order valence-corrected chi connectivity index (χ2v) is 10.1. The quantitative estimate of drug-likeness (QED) is 0.591. The maximum atomic E-state index is 13.5. The first-order valence-electron chi connectivity index (χ1n) is 9.84. The molecular weight excluding hydrogens is 409 g/mol. The molecule has 1 aliphatic heterocycles. The zero-order chi connectivity index (χ0) is 21.0. The summed E-state index contributed by atoms with van der Waals surface area (Å²) in [6, 6.07) is 7.20. The Hall–Kier alpha value is -2.81. The fourth-order valence-corrected chi connectivity index (χ4v) is 5.74. The van der Waals surface area contributed by atoms with Gasteiger partial charge in [0.15, 0.2) is 15.5 Å². The molecule has 156 valence electrons. The second-order valence-electron chi connectivity index (χ2n) is 7.92. The van der Waals surface area contributed by atoms with Crippen LogP contribution in [0.25, 0.3) is 22.3 Å². The summed E-state index contributed by atoms with van der Waals surface area (Å²) >= 11 is 0. The molecule has 0 amide bonds. The van der Waals surface area contributed by atoms with Gasteiger partial charge in [0.25, 0.3) is 0 Å². The Kier molecular flexibility index (Phi) is 4.39. The van der Waals surface area contributed by atoms with Crippen LogP contribution in [0.2, 0.25) is 0 Å². The third-order valence-electron chi connectivity index (χ3n) is 5.75. The first-order chi connectivity index (χ1) is 14.4. The van der Waals surface area contributed by atoms with Gasteiger partial charge in [0.2, 0.25) is 0 Å². The number of pyridine rings is 1. The highest BCUT2D eigenvalue weighted by Gasteiger charge is 2.34. The molecule has 1 saturated carbocycles. The predicted octanol–water partition coefficient (Wildman–Crippen LogP) is 3.26. The van der Waals surface area contributed by atoms with Crippen LogP contribution in [0.15, 0.2) is 30.3 Å². The number of methoxy groups -OCH3 is 1. The molecule has 30 heavy (non-hydrogen) atoms. The largest absolute Gasteiger partial charge is 0.465 e. The van der Waals surface area contributed by atoms with E-state index >= 15 is 0 Å². The van der Waals surface area contributed by atoms with Crippen molar-refractivity contribution in [3.63, 3.8) is 0 Å². The van der Waals surface area contributed by atoms with Gasteiger partial charge in [0.05, 0.1) is 35.6 Å². The summed E-state index contributed by atoms with van der Waals surface area (Å²) in [4.78, 5) is 17.4. The summed E-state index contributed by atoms with van der Waals surface area (Å²) in [6.45, 7) is 0. The topological polar surface area (TPSA) is 91.2 Å². The van der Waals surface area contributed by atoms with Gasteiger partial charge in [0, 0.05) is 17.2 Å². The summed E-state index contributed by atoms with van der Waals surface area (Å²) in [7, 11) is -1.83. The zero-order valence-electron chi connectivity index (χ0n) is 16.3. The number of carbonyl (C=O) groups is 1. The van der Waals surface area contributed by atoms with Crippen LogP contribution in [0.4, 0.5) is 4.39 Å². The van der Waals surface area contributed by atoms with Gasteiger partial charge in [-0.25, -0.2) is 27.3 Å². The van der Waals surface area contributed by atoms with E-state index in [9.17, 15) is 17.6 Å². The molecular formula is C21H20FN3O4S. The Bertz CT molecular complexity index is 1260. The molecule has 3 aromatic rings. The molecule has 0 bridgehead atoms. The summed E-state index contributed by atoms with van der Waals surface area (Å²) in [5.41, 5.74) is 2.68. The average Bonchev–Trinajstić information content (AvgIpc) is 3.42. The van der Waals surface area contributed by atoms with E-state index in [2.05, 4.69) is 0 Å². The van der Waals surface area contributed by atoms with Crippen LogP contribution < -0.4 is 0 Å². The van der Waals surface area contributed by atoms with Crippen LogP contribution in [0, 0.1) is 5.82 Å². The molecule has 1 atom stereocenters. The second kappa shape index (κ2) is 6.87.